The van der Waals surface area contributed by atoms with E-state index >= 15 is 0 Å². The van der Waals surface area contributed by atoms with Crippen molar-refractivity contribution in [3.05, 3.63) is 23.0 Å². The van der Waals surface area contributed by atoms with Crippen LogP contribution < -0.4 is 11.1 Å². The lowest BCUT2D eigenvalue weighted by Gasteiger charge is -2.12. The monoisotopic (exact) mass is 194 g/mol. The molecule has 1 heterocycles. The highest BCUT2D eigenvalue weighted by molar-refractivity contribution is 5.19. The van der Waals surface area contributed by atoms with Crippen molar-refractivity contribution in [1.29, 1.82) is 0 Å². The van der Waals surface area contributed by atoms with Gasteiger partial charge in [0.1, 0.15) is 0 Å². The van der Waals surface area contributed by atoms with E-state index in [1.54, 1.807) is 0 Å². The van der Waals surface area contributed by atoms with E-state index < -0.39 is 0 Å². The summed E-state index contributed by atoms with van der Waals surface area (Å²) >= 11 is 0. The molecule has 0 unspecified atom stereocenters. The topological polar surface area (TPSA) is 63.8 Å². The summed E-state index contributed by atoms with van der Waals surface area (Å²) in [6, 6.07) is 2.39. The van der Waals surface area contributed by atoms with Gasteiger partial charge in [-0.1, -0.05) is 0 Å². The van der Waals surface area contributed by atoms with Gasteiger partial charge in [-0.3, -0.25) is 0 Å². The van der Waals surface area contributed by atoms with Crippen LogP contribution in [0, 0.1) is 13.8 Å². The van der Waals surface area contributed by atoms with Crippen LogP contribution >= 0.6 is 0 Å². The standard InChI is InChI=1S/C10H18N4/c1-7-4-10(9(3)14-13-7)6-12-8(2)5-11/h4,8,12H,5-6,11H2,1-3H3/t8-/m1/s1. The Morgan fingerprint density at radius 3 is 2.79 bits per heavy atom. The van der Waals surface area contributed by atoms with Gasteiger partial charge >= 0.3 is 0 Å². The van der Waals surface area contributed by atoms with Crippen molar-refractivity contribution in [2.24, 2.45) is 5.73 Å². The van der Waals surface area contributed by atoms with E-state index in [-0.39, 0.29) is 0 Å². The van der Waals surface area contributed by atoms with Gasteiger partial charge in [0.05, 0.1) is 11.4 Å². The zero-order valence-electron chi connectivity index (χ0n) is 9.04. The van der Waals surface area contributed by atoms with Crippen LogP contribution in [0.15, 0.2) is 6.07 Å². The van der Waals surface area contributed by atoms with Crippen molar-refractivity contribution in [2.45, 2.75) is 33.4 Å². The average Bonchev–Trinajstić information content (AvgIpc) is 2.19. The second kappa shape index (κ2) is 5.02. The molecule has 0 bridgehead atoms. The molecule has 1 aromatic rings. The average molecular weight is 194 g/mol. The summed E-state index contributed by atoms with van der Waals surface area (Å²) in [4.78, 5) is 0. The first-order chi connectivity index (χ1) is 6.63. The van der Waals surface area contributed by atoms with Gasteiger partial charge in [-0.15, -0.1) is 0 Å². The lowest BCUT2D eigenvalue weighted by Crippen LogP contribution is -2.32. The van der Waals surface area contributed by atoms with E-state index in [4.69, 9.17) is 5.73 Å². The summed E-state index contributed by atoms with van der Waals surface area (Å²) < 4.78 is 0. The summed E-state index contributed by atoms with van der Waals surface area (Å²) in [6.07, 6.45) is 0. The Balaban J connectivity index is 2.62. The van der Waals surface area contributed by atoms with Gasteiger partial charge in [-0.05, 0) is 32.4 Å². The molecule has 0 aliphatic heterocycles. The van der Waals surface area contributed by atoms with Gasteiger partial charge in [0.15, 0.2) is 0 Å². The smallest absolute Gasteiger partial charge is 0.0645 e. The van der Waals surface area contributed by atoms with Gasteiger partial charge in [0.25, 0.3) is 0 Å². The van der Waals surface area contributed by atoms with Crippen LogP contribution in [-0.4, -0.2) is 22.8 Å². The molecule has 3 N–H and O–H groups in total. The highest BCUT2D eigenvalue weighted by Gasteiger charge is 2.03. The quantitative estimate of drug-likeness (QED) is 0.734. The first-order valence-corrected chi connectivity index (χ1v) is 4.86. The van der Waals surface area contributed by atoms with Crippen molar-refractivity contribution < 1.29 is 0 Å². The molecule has 0 aliphatic rings. The summed E-state index contributed by atoms with van der Waals surface area (Å²) in [6.45, 7) is 7.44. The van der Waals surface area contributed by atoms with Crippen LogP contribution in [0.1, 0.15) is 23.9 Å². The molecule has 0 aromatic carbocycles. The predicted molar refractivity (Wildman–Crippen MR) is 56.9 cm³/mol. The maximum Gasteiger partial charge on any atom is 0.0645 e. The number of nitrogens with one attached hydrogen (secondary N) is 1. The van der Waals surface area contributed by atoms with Crippen LogP contribution in [0.2, 0.25) is 0 Å². The molecule has 0 aliphatic carbocycles. The number of hydrogen-bond donors (Lipinski definition) is 2. The molecule has 14 heavy (non-hydrogen) atoms. The summed E-state index contributed by atoms with van der Waals surface area (Å²) in [5.41, 5.74) is 8.64. The molecular weight excluding hydrogens is 176 g/mol. The van der Waals surface area contributed by atoms with Crippen LogP contribution in [0.4, 0.5) is 0 Å². The van der Waals surface area contributed by atoms with Gasteiger partial charge in [-0.25, -0.2) is 0 Å². The first-order valence-electron chi connectivity index (χ1n) is 4.86. The van der Waals surface area contributed by atoms with E-state index in [1.807, 2.05) is 13.8 Å². The van der Waals surface area contributed by atoms with Crippen molar-refractivity contribution in [3.8, 4) is 0 Å². The second-order valence-electron chi connectivity index (χ2n) is 3.61. The van der Waals surface area contributed by atoms with Crippen LogP contribution in [-0.2, 0) is 6.54 Å². The van der Waals surface area contributed by atoms with Crippen molar-refractivity contribution in [3.63, 3.8) is 0 Å². The third kappa shape index (κ3) is 3.05. The fraction of sp³-hybridized carbons (Fsp3) is 0.600. The Morgan fingerprint density at radius 1 is 1.43 bits per heavy atom. The van der Waals surface area contributed by atoms with Gasteiger partial charge in [0, 0.05) is 19.1 Å². The van der Waals surface area contributed by atoms with E-state index in [0.29, 0.717) is 12.6 Å². The molecule has 0 amide bonds. The molecule has 0 fully saturated rings. The normalized spacial score (nSPS) is 12.9. The third-order valence-electron chi connectivity index (χ3n) is 2.20. The van der Waals surface area contributed by atoms with Crippen LogP contribution in [0.5, 0.6) is 0 Å². The minimum Gasteiger partial charge on any atom is -0.329 e. The molecule has 0 saturated heterocycles. The first kappa shape index (κ1) is 11.1. The number of nitrogens with zero attached hydrogens (tertiary/aromatic N) is 2. The zero-order chi connectivity index (χ0) is 10.6. The fourth-order valence-corrected chi connectivity index (χ4v) is 1.15. The van der Waals surface area contributed by atoms with Crippen molar-refractivity contribution in [1.82, 2.24) is 15.5 Å². The molecule has 0 saturated carbocycles. The molecule has 4 nitrogen and oxygen atoms in total. The SMILES string of the molecule is Cc1cc(CN[C@H](C)CN)c(C)nn1. The lowest BCUT2D eigenvalue weighted by atomic mass is 10.2. The molecule has 1 aromatic heterocycles. The minimum absolute atomic E-state index is 0.336. The second-order valence-corrected chi connectivity index (χ2v) is 3.61. The fourth-order valence-electron chi connectivity index (χ4n) is 1.15. The zero-order valence-corrected chi connectivity index (χ0v) is 9.04. The number of aromatic nitrogens is 2. The number of nitrogens with two attached hydrogens (primary N) is 1. The molecule has 0 radical (unpaired) electrons. The minimum atomic E-state index is 0.336. The molecule has 1 rings (SSSR count). The molecule has 78 valence electrons. The third-order valence-corrected chi connectivity index (χ3v) is 2.20. The number of hydrogen-bond acceptors (Lipinski definition) is 4. The summed E-state index contributed by atoms with van der Waals surface area (Å²) in [5, 5.41) is 11.4. The maximum absolute atomic E-state index is 5.51. The largest absolute Gasteiger partial charge is 0.329 e. The maximum atomic E-state index is 5.51. The van der Waals surface area contributed by atoms with Crippen LogP contribution in [0.25, 0.3) is 0 Å². The number of rotatable bonds is 4. The Hall–Kier alpha value is -1.00. The summed E-state index contributed by atoms with van der Waals surface area (Å²) in [5.74, 6) is 0. The van der Waals surface area contributed by atoms with Gasteiger partial charge < -0.3 is 11.1 Å². The summed E-state index contributed by atoms with van der Waals surface area (Å²) in [7, 11) is 0. The van der Waals surface area contributed by atoms with Gasteiger partial charge in [-0.2, -0.15) is 10.2 Å². The Kier molecular flexibility index (Phi) is 3.98. The molecule has 0 spiro atoms. The molecular formula is C10H18N4. The Morgan fingerprint density at radius 2 is 2.14 bits per heavy atom. The van der Waals surface area contributed by atoms with Crippen molar-refractivity contribution >= 4 is 0 Å². The van der Waals surface area contributed by atoms with E-state index in [9.17, 15) is 0 Å². The van der Waals surface area contributed by atoms with Gasteiger partial charge in [0.2, 0.25) is 0 Å². The van der Waals surface area contributed by atoms with E-state index in [2.05, 4.69) is 28.5 Å². The highest BCUT2D eigenvalue weighted by atomic mass is 15.1. The van der Waals surface area contributed by atoms with E-state index in [1.165, 1.54) is 5.56 Å². The lowest BCUT2D eigenvalue weighted by molar-refractivity contribution is 0.553. The van der Waals surface area contributed by atoms with E-state index in [0.717, 1.165) is 17.9 Å². The van der Waals surface area contributed by atoms with Crippen molar-refractivity contribution in [2.75, 3.05) is 6.54 Å². The van der Waals surface area contributed by atoms with Crippen LogP contribution in [0.3, 0.4) is 0 Å². The number of aryl methyl sites for hydroxylation is 2. The highest BCUT2D eigenvalue weighted by Crippen LogP contribution is 2.04. The predicted octanol–water partition coefficient (Wildman–Crippen LogP) is 0.530. The molecule has 1 atom stereocenters. The Labute approximate surface area is 84.9 Å². The Bertz CT molecular complexity index is 298. The molecule has 4 heteroatoms.